The third-order valence-corrected chi connectivity index (χ3v) is 4.20. The summed E-state index contributed by atoms with van der Waals surface area (Å²) in [4.78, 5) is 5.36. The van der Waals surface area contributed by atoms with Crippen LogP contribution in [0.4, 0.5) is 0 Å². The van der Waals surface area contributed by atoms with Gasteiger partial charge in [0.25, 0.3) is 0 Å². The molecule has 0 aromatic rings. The molecule has 19 heavy (non-hydrogen) atoms. The number of hydrogen-bond donors (Lipinski definition) is 1. The van der Waals surface area contributed by atoms with Crippen molar-refractivity contribution < 1.29 is 0 Å². The van der Waals surface area contributed by atoms with Crippen LogP contribution in [0, 0.1) is 5.92 Å². The summed E-state index contributed by atoms with van der Waals surface area (Å²) in [5.41, 5.74) is 0. The first-order valence-electron chi connectivity index (χ1n) is 8.54. The van der Waals surface area contributed by atoms with Crippen molar-refractivity contribution in [3.8, 4) is 0 Å². The summed E-state index contributed by atoms with van der Waals surface area (Å²) in [5.74, 6) is 0.953. The summed E-state index contributed by atoms with van der Waals surface area (Å²) in [5, 5.41) is 3.46. The summed E-state index contributed by atoms with van der Waals surface area (Å²) < 4.78 is 0. The zero-order chi connectivity index (χ0) is 13.9. The zero-order valence-electron chi connectivity index (χ0n) is 13.5. The maximum atomic E-state index is 3.46. The Hall–Kier alpha value is -0.120. The van der Waals surface area contributed by atoms with Crippen LogP contribution in [0.25, 0.3) is 0 Å². The molecule has 0 spiro atoms. The third kappa shape index (κ3) is 6.73. The van der Waals surface area contributed by atoms with Crippen molar-refractivity contribution in [3.05, 3.63) is 0 Å². The van der Waals surface area contributed by atoms with Crippen LogP contribution in [0.1, 0.15) is 46.5 Å². The topological polar surface area (TPSA) is 18.5 Å². The summed E-state index contributed by atoms with van der Waals surface area (Å²) in [6.07, 6.45) is 5.43. The second-order valence-electron chi connectivity index (χ2n) is 5.69. The Morgan fingerprint density at radius 1 is 0.947 bits per heavy atom. The van der Waals surface area contributed by atoms with E-state index in [4.69, 9.17) is 0 Å². The molecule has 2 aliphatic heterocycles. The van der Waals surface area contributed by atoms with E-state index in [9.17, 15) is 0 Å². The average molecular weight is 269 g/mol. The molecule has 2 heterocycles. The van der Waals surface area contributed by atoms with Crippen molar-refractivity contribution in [2.24, 2.45) is 5.92 Å². The summed E-state index contributed by atoms with van der Waals surface area (Å²) in [6.45, 7) is 16.6. The number of hydrogen-bond acceptors (Lipinski definition) is 3. The van der Waals surface area contributed by atoms with E-state index in [2.05, 4.69) is 22.0 Å². The van der Waals surface area contributed by atoms with E-state index >= 15 is 0 Å². The fourth-order valence-electron chi connectivity index (χ4n) is 3.18. The Balaban J connectivity index is 0.000000861. The summed E-state index contributed by atoms with van der Waals surface area (Å²) >= 11 is 0. The van der Waals surface area contributed by atoms with Crippen molar-refractivity contribution in [2.75, 3.05) is 52.4 Å². The van der Waals surface area contributed by atoms with E-state index in [0.717, 1.165) is 5.92 Å². The van der Waals surface area contributed by atoms with Crippen molar-refractivity contribution in [2.45, 2.75) is 46.5 Å². The lowest BCUT2D eigenvalue weighted by atomic mass is 9.97. The van der Waals surface area contributed by atoms with Gasteiger partial charge in [-0.1, -0.05) is 20.8 Å². The molecule has 0 aromatic heterocycles. The largest absolute Gasteiger partial charge is 0.317 e. The van der Waals surface area contributed by atoms with Gasteiger partial charge >= 0.3 is 0 Å². The van der Waals surface area contributed by atoms with Gasteiger partial charge in [-0.3, -0.25) is 0 Å². The van der Waals surface area contributed by atoms with Gasteiger partial charge in [0.1, 0.15) is 0 Å². The molecule has 0 saturated carbocycles. The van der Waals surface area contributed by atoms with Gasteiger partial charge in [-0.25, -0.2) is 0 Å². The predicted octanol–water partition coefficient (Wildman–Crippen LogP) is 2.43. The molecule has 1 N–H and O–H groups in total. The molecule has 0 aromatic carbocycles. The Morgan fingerprint density at radius 2 is 1.58 bits per heavy atom. The quantitative estimate of drug-likeness (QED) is 0.845. The number of piperidine rings is 1. The normalized spacial score (nSPS) is 23.5. The average Bonchev–Trinajstić information content (AvgIpc) is 2.68. The monoisotopic (exact) mass is 269 g/mol. The van der Waals surface area contributed by atoms with Crippen LogP contribution in [0.15, 0.2) is 0 Å². The molecule has 0 atom stereocenters. The molecule has 3 heteroatoms. The van der Waals surface area contributed by atoms with Gasteiger partial charge < -0.3 is 15.1 Å². The second kappa shape index (κ2) is 10.6. The molecule has 0 amide bonds. The Morgan fingerprint density at radius 3 is 2.26 bits per heavy atom. The molecule has 0 aliphatic carbocycles. The van der Waals surface area contributed by atoms with Crippen LogP contribution in [0.5, 0.6) is 0 Å². The van der Waals surface area contributed by atoms with Gasteiger partial charge in [0.2, 0.25) is 0 Å². The van der Waals surface area contributed by atoms with Crippen LogP contribution in [0.2, 0.25) is 0 Å². The lowest BCUT2D eigenvalue weighted by molar-refractivity contribution is 0.206. The fourth-order valence-corrected chi connectivity index (χ4v) is 3.18. The van der Waals surface area contributed by atoms with E-state index in [0.29, 0.717) is 0 Å². The lowest BCUT2D eigenvalue weighted by Crippen LogP contribution is -2.38. The highest BCUT2D eigenvalue weighted by Gasteiger charge is 2.19. The van der Waals surface area contributed by atoms with Crippen molar-refractivity contribution in [1.82, 2.24) is 15.1 Å². The minimum Gasteiger partial charge on any atom is -0.317 e. The SMILES string of the molecule is CC.CCCN1CCCN(CC2CCNCC2)CC1. The van der Waals surface area contributed by atoms with Crippen molar-refractivity contribution in [1.29, 1.82) is 0 Å². The summed E-state index contributed by atoms with van der Waals surface area (Å²) in [7, 11) is 0. The first-order chi connectivity index (χ1) is 9.38. The molecule has 0 radical (unpaired) electrons. The minimum absolute atomic E-state index is 0.953. The van der Waals surface area contributed by atoms with Gasteiger partial charge in [-0.15, -0.1) is 0 Å². The molecule has 0 bridgehead atoms. The van der Waals surface area contributed by atoms with E-state index in [-0.39, 0.29) is 0 Å². The highest BCUT2D eigenvalue weighted by Crippen LogP contribution is 2.14. The van der Waals surface area contributed by atoms with Gasteiger partial charge in [0, 0.05) is 19.6 Å². The first-order valence-corrected chi connectivity index (χ1v) is 8.54. The van der Waals surface area contributed by atoms with Gasteiger partial charge in [0.05, 0.1) is 0 Å². The van der Waals surface area contributed by atoms with Crippen molar-refractivity contribution >= 4 is 0 Å². The minimum atomic E-state index is 0.953. The van der Waals surface area contributed by atoms with E-state index in [1.807, 2.05) is 13.8 Å². The standard InChI is InChI=1S/C14H29N3.C2H6/c1-2-8-16-9-3-10-17(12-11-16)13-14-4-6-15-7-5-14;1-2/h14-15H,2-13H2,1H3;1-2H3. The molecule has 3 nitrogen and oxygen atoms in total. The zero-order valence-corrected chi connectivity index (χ0v) is 13.5. The second-order valence-corrected chi connectivity index (χ2v) is 5.69. The number of rotatable bonds is 4. The molecule has 0 unspecified atom stereocenters. The van der Waals surface area contributed by atoms with Crippen LogP contribution in [-0.4, -0.2) is 62.2 Å². The summed E-state index contributed by atoms with van der Waals surface area (Å²) in [6, 6.07) is 0. The molecule has 2 aliphatic rings. The predicted molar refractivity (Wildman–Crippen MR) is 84.7 cm³/mol. The van der Waals surface area contributed by atoms with Crippen molar-refractivity contribution in [3.63, 3.8) is 0 Å². The van der Waals surface area contributed by atoms with Crippen LogP contribution in [-0.2, 0) is 0 Å². The maximum absolute atomic E-state index is 3.46. The van der Waals surface area contributed by atoms with Gasteiger partial charge in [-0.05, 0) is 64.3 Å². The molecular weight excluding hydrogens is 234 g/mol. The fraction of sp³-hybridized carbons (Fsp3) is 1.00. The van der Waals surface area contributed by atoms with E-state index in [1.54, 1.807) is 0 Å². The molecule has 2 rings (SSSR count). The molecule has 2 fully saturated rings. The number of nitrogens with one attached hydrogen (secondary N) is 1. The smallest absolute Gasteiger partial charge is 0.0109 e. The molecule has 2 saturated heterocycles. The van der Waals surface area contributed by atoms with Gasteiger partial charge in [0.15, 0.2) is 0 Å². The Kier molecular flexibility index (Phi) is 9.48. The van der Waals surface area contributed by atoms with E-state index < -0.39 is 0 Å². The molecular formula is C16H35N3. The number of nitrogens with zero attached hydrogens (tertiary/aromatic N) is 2. The highest BCUT2D eigenvalue weighted by atomic mass is 15.2. The van der Waals surface area contributed by atoms with E-state index in [1.165, 1.54) is 78.0 Å². The third-order valence-electron chi connectivity index (χ3n) is 4.20. The van der Waals surface area contributed by atoms with Crippen LogP contribution >= 0.6 is 0 Å². The van der Waals surface area contributed by atoms with Crippen LogP contribution in [0.3, 0.4) is 0 Å². The first kappa shape index (κ1) is 16.9. The Bertz CT molecular complexity index is 202. The maximum Gasteiger partial charge on any atom is 0.0109 e. The van der Waals surface area contributed by atoms with Gasteiger partial charge in [-0.2, -0.15) is 0 Å². The van der Waals surface area contributed by atoms with Crippen LogP contribution < -0.4 is 5.32 Å². The highest BCUT2D eigenvalue weighted by molar-refractivity contribution is 4.75. The molecule has 114 valence electrons. The lowest BCUT2D eigenvalue weighted by Gasteiger charge is -2.29. The Labute approximate surface area is 120 Å².